The van der Waals surface area contributed by atoms with E-state index >= 15 is 0 Å². The molecule has 1 aromatic rings. The van der Waals surface area contributed by atoms with Gasteiger partial charge in [-0.2, -0.15) is 0 Å². The smallest absolute Gasteiger partial charge is 0.123 e. The molecule has 0 unspecified atom stereocenters. The van der Waals surface area contributed by atoms with Gasteiger partial charge >= 0.3 is 0 Å². The average Bonchev–Trinajstić information content (AvgIpc) is 2.16. The highest BCUT2D eigenvalue weighted by atomic mass is 35.5. The van der Waals surface area contributed by atoms with Gasteiger partial charge in [-0.05, 0) is 24.0 Å². The van der Waals surface area contributed by atoms with Crippen LogP contribution < -0.4 is 4.74 Å². The first kappa shape index (κ1) is 11.4. The van der Waals surface area contributed by atoms with Crippen molar-refractivity contribution in [2.75, 3.05) is 7.11 Å². The first-order chi connectivity index (χ1) is 6.67. The van der Waals surface area contributed by atoms with Gasteiger partial charge in [-0.3, -0.25) is 0 Å². The van der Waals surface area contributed by atoms with Gasteiger partial charge in [-0.25, -0.2) is 0 Å². The van der Waals surface area contributed by atoms with Crippen molar-refractivity contribution in [2.24, 2.45) is 5.92 Å². The Hall–Kier alpha value is -0.690. The maximum Gasteiger partial charge on any atom is 0.123 e. The average molecular weight is 213 g/mol. The summed E-state index contributed by atoms with van der Waals surface area (Å²) in [5, 5.41) is 0. The van der Waals surface area contributed by atoms with Gasteiger partial charge in [0.15, 0.2) is 0 Å². The first-order valence-corrected chi connectivity index (χ1v) is 5.42. The van der Waals surface area contributed by atoms with Gasteiger partial charge in [-0.15, -0.1) is 11.6 Å². The first-order valence-electron chi connectivity index (χ1n) is 4.89. The second-order valence-electron chi connectivity index (χ2n) is 3.88. The Morgan fingerprint density at radius 2 is 2.07 bits per heavy atom. The molecule has 0 amide bonds. The largest absolute Gasteiger partial charge is 0.496 e. The molecule has 1 aromatic carbocycles. The van der Waals surface area contributed by atoms with Gasteiger partial charge in [0.2, 0.25) is 0 Å². The normalized spacial score (nSPS) is 10.6. The summed E-state index contributed by atoms with van der Waals surface area (Å²) in [6.45, 7) is 4.43. The number of ether oxygens (including phenoxy) is 1. The van der Waals surface area contributed by atoms with Crippen LogP contribution in [0.3, 0.4) is 0 Å². The number of hydrogen-bond donors (Lipinski definition) is 0. The summed E-state index contributed by atoms with van der Waals surface area (Å²) in [4.78, 5) is 0. The van der Waals surface area contributed by atoms with Crippen LogP contribution in [-0.4, -0.2) is 7.11 Å². The summed E-state index contributed by atoms with van der Waals surface area (Å²) in [7, 11) is 1.67. The van der Waals surface area contributed by atoms with Crippen LogP contribution in [0.5, 0.6) is 5.75 Å². The minimum absolute atomic E-state index is 0.509. The molecule has 0 aromatic heterocycles. The Morgan fingerprint density at radius 3 is 2.57 bits per heavy atom. The van der Waals surface area contributed by atoms with Gasteiger partial charge in [0.1, 0.15) is 5.75 Å². The Bertz CT molecular complexity index is 294. The zero-order valence-corrected chi connectivity index (χ0v) is 9.77. The van der Waals surface area contributed by atoms with E-state index in [4.69, 9.17) is 16.3 Å². The molecule has 0 aliphatic carbocycles. The van der Waals surface area contributed by atoms with Crippen molar-refractivity contribution in [1.29, 1.82) is 0 Å². The van der Waals surface area contributed by atoms with E-state index in [2.05, 4.69) is 26.0 Å². The molecule has 0 saturated heterocycles. The molecule has 0 aliphatic heterocycles. The van der Waals surface area contributed by atoms with E-state index in [0.717, 1.165) is 17.7 Å². The Morgan fingerprint density at radius 1 is 1.36 bits per heavy atom. The van der Waals surface area contributed by atoms with E-state index in [1.165, 1.54) is 5.56 Å². The highest BCUT2D eigenvalue weighted by Crippen LogP contribution is 2.22. The van der Waals surface area contributed by atoms with E-state index in [1.54, 1.807) is 7.11 Å². The van der Waals surface area contributed by atoms with Crippen LogP contribution in [0.4, 0.5) is 0 Å². The van der Waals surface area contributed by atoms with Crippen molar-refractivity contribution in [3.8, 4) is 5.75 Å². The summed E-state index contributed by atoms with van der Waals surface area (Å²) < 4.78 is 5.21. The van der Waals surface area contributed by atoms with Gasteiger partial charge in [0.05, 0.1) is 13.0 Å². The third-order valence-electron chi connectivity index (χ3n) is 2.13. The highest BCUT2D eigenvalue weighted by Gasteiger charge is 2.04. The fraction of sp³-hybridized carbons (Fsp3) is 0.500. The van der Waals surface area contributed by atoms with E-state index in [0.29, 0.717) is 11.8 Å². The fourth-order valence-electron chi connectivity index (χ4n) is 1.53. The topological polar surface area (TPSA) is 9.23 Å². The molecule has 1 nitrogen and oxygen atoms in total. The lowest BCUT2D eigenvalue weighted by Gasteiger charge is -2.10. The minimum atomic E-state index is 0.509. The predicted molar refractivity (Wildman–Crippen MR) is 61.1 cm³/mol. The zero-order chi connectivity index (χ0) is 10.6. The summed E-state index contributed by atoms with van der Waals surface area (Å²) in [5.74, 6) is 2.06. The number of benzene rings is 1. The number of rotatable bonds is 4. The molecule has 0 spiro atoms. The maximum atomic E-state index is 5.84. The molecule has 78 valence electrons. The molecule has 1 rings (SSSR count). The standard InChI is InChI=1S/C12H17ClO/c1-9(2)6-10-4-5-12(14-3)11(7-10)8-13/h4-5,7,9H,6,8H2,1-3H3. The van der Waals surface area contributed by atoms with Crippen molar-refractivity contribution < 1.29 is 4.74 Å². The van der Waals surface area contributed by atoms with Gasteiger partial charge in [0, 0.05) is 5.56 Å². The lowest BCUT2D eigenvalue weighted by Crippen LogP contribution is -1.96. The third kappa shape index (κ3) is 2.91. The summed E-state index contributed by atoms with van der Waals surface area (Å²) in [5.41, 5.74) is 2.41. The van der Waals surface area contributed by atoms with Crippen LogP contribution in [-0.2, 0) is 12.3 Å². The number of hydrogen-bond acceptors (Lipinski definition) is 1. The molecular formula is C12H17ClO. The minimum Gasteiger partial charge on any atom is -0.496 e. The van der Waals surface area contributed by atoms with Crippen LogP contribution >= 0.6 is 11.6 Å². The molecule has 0 aliphatic rings. The molecular weight excluding hydrogens is 196 g/mol. The van der Waals surface area contributed by atoms with Gasteiger partial charge in [0.25, 0.3) is 0 Å². The summed E-state index contributed by atoms with van der Waals surface area (Å²) >= 11 is 5.84. The highest BCUT2D eigenvalue weighted by molar-refractivity contribution is 6.17. The van der Waals surface area contributed by atoms with Gasteiger partial charge < -0.3 is 4.74 Å². The van der Waals surface area contributed by atoms with Crippen molar-refractivity contribution >= 4 is 11.6 Å². The van der Waals surface area contributed by atoms with Crippen molar-refractivity contribution in [2.45, 2.75) is 26.1 Å². The number of halogens is 1. The molecule has 0 fully saturated rings. The quantitative estimate of drug-likeness (QED) is 0.693. The fourth-order valence-corrected chi connectivity index (χ4v) is 1.74. The molecule has 0 heterocycles. The van der Waals surface area contributed by atoms with Crippen LogP contribution in [0, 0.1) is 5.92 Å². The van der Waals surface area contributed by atoms with Crippen molar-refractivity contribution in [1.82, 2.24) is 0 Å². The predicted octanol–water partition coefficient (Wildman–Crippen LogP) is 3.63. The number of methoxy groups -OCH3 is 1. The summed E-state index contributed by atoms with van der Waals surface area (Å²) in [6.07, 6.45) is 1.09. The molecule has 0 N–H and O–H groups in total. The second-order valence-corrected chi connectivity index (χ2v) is 4.15. The Labute approximate surface area is 91.0 Å². The van der Waals surface area contributed by atoms with Crippen molar-refractivity contribution in [3.05, 3.63) is 29.3 Å². The van der Waals surface area contributed by atoms with Crippen molar-refractivity contribution in [3.63, 3.8) is 0 Å². The SMILES string of the molecule is COc1ccc(CC(C)C)cc1CCl. The van der Waals surface area contributed by atoms with E-state index in [-0.39, 0.29) is 0 Å². The van der Waals surface area contributed by atoms with Crippen LogP contribution in [0.1, 0.15) is 25.0 Å². The maximum absolute atomic E-state index is 5.84. The molecule has 2 heteroatoms. The van der Waals surface area contributed by atoms with E-state index in [9.17, 15) is 0 Å². The van der Waals surface area contributed by atoms with E-state index < -0.39 is 0 Å². The Balaban J connectivity index is 2.89. The molecule has 0 bridgehead atoms. The Kier molecular flexibility index (Phi) is 4.27. The second kappa shape index (κ2) is 5.26. The number of alkyl halides is 1. The molecule has 0 saturated carbocycles. The molecule has 0 radical (unpaired) electrons. The lowest BCUT2D eigenvalue weighted by atomic mass is 10.0. The van der Waals surface area contributed by atoms with Crippen LogP contribution in [0.2, 0.25) is 0 Å². The van der Waals surface area contributed by atoms with Crippen LogP contribution in [0.25, 0.3) is 0 Å². The van der Waals surface area contributed by atoms with Crippen LogP contribution in [0.15, 0.2) is 18.2 Å². The zero-order valence-electron chi connectivity index (χ0n) is 9.01. The molecule has 14 heavy (non-hydrogen) atoms. The monoisotopic (exact) mass is 212 g/mol. The third-order valence-corrected chi connectivity index (χ3v) is 2.42. The van der Waals surface area contributed by atoms with Gasteiger partial charge in [-0.1, -0.05) is 26.0 Å². The lowest BCUT2D eigenvalue weighted by molar-refractivity contribution is 0.411. The summed E-state index contributed by atoms with van der Waals surface area (Å²) in [6, 6.07) is 6.23. The molecule has 0 atom stereocenters. The van der Waals surface area contributed by atoms with E-state index in [1.807, 2.05) is 6.07 Å².